The molecule has 5 aliphatic rings. The van der Waals surface area contributed by atoms with Crippen LogP contribution in [0.4, 0.5) is 0 Å². The number of rotatable bonds is 3. The molecule has 0 saturated heterocycles. The minimum atomic E-state index is -0.819. The van der Waals surface area contributed by atoms with Gasteiger partial charge < -0.3 is 20.4 Å². The number of aliphatic hydroxyl groups is 3. The SMILES string of the molecule is CC(=O)[C@@H]1CC[C@]2(C(=O)O)CC[C@]3(C)[C@H](CC[C@@H]4[C@@]5(C)CC[C@H](O)[C@@](C)(CO)[C@@H]5C[C@H](O)[C@]43C)[C@@H]12. The molecule has 0 heterocycles. The maximum Gasteiger partial charge on any atom is 0.309 e. The molecular weight excluding hydrogens is 444 g/mol. The van der Waals surface area contributed by atoms with Crippen molar-refractivity contribution in [2.45, 2.75) is 105 Å². The van der Waals surface area contributed by atoms with Gasteiger partial charge in [-0.15, -0.1) is 0 Å². The first-order valence-corrected chi connectivity index (χ1v) is 13.9. The lowest BCUT2D eigenvalue weighted by molar-refractivity contribution is -0.287. The fraction of sp³-hybridized carbons (Fsp3) is 0.931. The third kappa shape index (κ3) is 2.88. The predicted molar refractivity (Wildman–Crippen MR) is 131 cm³/mol. The lowest BCUT2D eigenvalue weighted by atomic mass is 9.31. The van der Waals surface area contributed by atoms with Crippen molar-refractivity contribution in [2.75, 3.05) is 6.61 Å². The van der Waals surface area contributed by atoms with Gasteiger partial charge in [-0.1, -0.05) is 27.7 Å². The first-order chi connectivity index (χ1) is 16.2. The number of carbonyl (C=O) groups excluding carboxylic acids is 1. The van der Waals surface area contributed by atoms with E-state index in [1.54, 1.807) is 6.92 Å². The molecule has 12 atom stereocenters. The number of carbonyl (C=O) groups is 2. The van der Waals surface area contributed by atoms with Crippen LogP contribution in [0.1, 0.15) is 92.4 Å². The summed E-state index contributed by atoms with van der Waals surface area (Å²) in [5, 5.41) is 43.7. The largest absolute Gasteiger partial charge is 0.481 e. The van der Waals surface area contributed by atoms with Crippen LogP contribution >= 0.6 is 0 Å². The number of aliphatic hydroxyl groups excluding tert-OH is 3. The van der Waals surface area contributed by atoms with E-state index in [-0.39, 0.29) is 52.8 Å². The van der Waals surface area contributed by atoms with E-state index >= 15 is 0 Å². The number of aliphatic carboxylic acids is 1. The Bertz CT molecular complexity index is 919. The lowest BCUT2D eigenvalue weighted by Crippen LogP contribution is -2.71. The van der Waals surface area contributed by atoms with Gasteiger partial charge in [0.1, 0.15) is 5.78 Å². The molecule has 4 N–H and O–H groups in total. The molecular formula is C29H46O6. The maximum absolute atomic E-state index is 12.8. The zero-order valence-corrected chi connectivity index (χ0v) is 22.2. The van der Waals surface area contributed by atoms with Gasteiger partial charge in [0.05, 0.1) is 24.2 Å². The number of hydrogen-bond donors (Lipinski definition) is 4. The van der Waals surface area contributed by atoms with E-state index in [0.717, 1.165) is 25.7 Å². The van der Waals surface area contributed by atoms with E-state index in [4.69, 9.17) is 0 Å². The Morgan fingerprint density at radius 2 is 1.54 bits per heavy atom. The summed E-state index contributed by atoms with van der Waals surface area (Å²) in [4.78, 5) is 25.5. The first kappa shape index (κ1) is 25.7. The summed E-state index contributed by atoms with van der Waals surface area (Å²) in [7, 11) is 0. The van der Waals surface area contributed by atoms with Crippen LogP contribution in [0.25, 0.3) is 0 Å². The van der Waals surface area contributed by atoms with Crippen LogP contribution in [-0.4, -0.2) is 51.0 Å². The normalized spacial score (nSPS) is 57.4. The van der Waals surface area contributed by atoms with Gasteiger partial charge in [-0.25, -0.2) is 0 Å². The third-order valence-corrected chi connectivity index (χ3v) is 13.6. The van der Waals surface area contributed by atoms with Crippen molar-refractivity contribution in [2.24, 2.45) is 56.7 Å². The Morgan fingerprint density at radius 3 is 2.14 bits per heavy atom. The van der Waals surface area contributed by atoms with Gasteiger partial charge in [0.15, 0.2) is 0 Å². The van der Waals surface area contributed by atoms with Gasteiger partial charge in [-0.05, 0) is 99.2 Å². The van der Waals surface area contributed by atoms with Gasteiger partial charge in [-0.2, -0.15) is 0 Å². The van der Waals surface area contributed by atoms with Crippen LogP contribution < -0.4 is 0 Å². The monoisotopic (exact) mass is 490 g/mol. The topological polar surface area (TPSA) is 115 Å². The summed E-state index contributed by atoms with van der Waals surface area (Å²) in [5.74, 6) is -0.654. The summed E-state index contributed by atoms with van der Waals surface area (Å²) in [6.45, 7) is 10.4. The van der Waals surface area contributed by atoms with E-state index in [1.165, 1.54) is 0 Å². The summed E-state index contributed by atoms with van der Waals surface area (Å²) in [6.07, 6.45) is 5.27. The Balaban J connectivity index is 1.60. The number of hydrogen-bond acceptors (Lipinski definition) is 5. The third-order valence-electron chi connectivity index (χ3n) is 13.6. The van der Waals surface area contributed by atoms with Crippen molar-refractivity contribution in [3.8, 4) is 0 Å². The smallest absolute Gasteiger partial charge is 0.309 e. The van der Waals surface area contributed by atoms with Crippen molar-refractivity contribution < 1.29 is 30.0 Å². The first-order valence-electron chi connectivity index (χ1n) is 13.9. The molecule has 5 saturated carbocycles. The second-order valence-electron chi connectivity index (χ2n) is 14.2. The summed E-state index contributed by atoms with van der Waals surface area (Å²) < 4.78 is 0. The molecule has 0 unspecified atom stereocenters. The molecule has 0 aliphatic heterocycles. The number of Topliss-reactive ketones (excluding diaryl/α,β-unsaturated/α-hetero) is 1. The quantitative estimate of drug-likeness (QED) is 0.475. The Morgan fingerprint density at radius 1 is 0.857 bits per heavy atom. The van der Waals surface area contributed by atoms with Crippen LogP contribution in [0.3, 0.4) is 0 Å². The molecule has 0 spiro atoms. The van der Waals surface area contributed by atoms with Crippen molar-refractivity contribution in [3.05, 3.63) is 0 Å². The Labute approximate surface area is 209 Å². The molecule has 198 valence electrons. The maximum atomic E-state index is 12.8. The summed E-state index contributed by atoms with van der Waals surface area (Å²) in [6, 6.07) is 0. The Hall–Kier alpha value is -0.980. The van der Waals surface area contributed by atoms with Crippen LogP contribution in [-0.2, 0) is 9.59 Å². The van der Waals surface area contributed by atoms with Crippen molar-refractivity contribution in [1.29, 1.82) is 0 Å². The van der Waals surface area contributed by atoms with E-state index in [1.807, 2.05) is 6.92 Å². The summed E-state index contributed by atoms with van der Waals surface area (Å²) in [5.41, 5.74) is -2.25. The molecule has 0 aromatic heterocycles. The number of fused-ring (bicyclic) bond motifs is 7. The van der Waals surface area contributed by atoms with Gasteiger partial charge in [0.2, 0.25) is 0 Å². The lowest BCUT2D eigenvalue weighted by Gasteiger charge is -2.73. The molecule has 0 radical (unpaired) electrons. The van der Waals surface area contributed by atoms with Crippen LogP contribution in [0.15, 0.2) is 0 Å². The van der Waals surface area contributed by atoms with Crippen LogP contribution in [0.5, 0.6) is 0 Å². The molecule has 35 heavy (non-hydrogen) atoms. The molecule has 0 bridgehead atoms. The fourth-order valence-electron chi connectivity index (χ4n) is 11.4. The standard InChI is InChI=1S/C29H46O6/c1-16(31)17-8-11-29(24(34)35)13-12-27(4)18(23(17)29)6-7-19-25(2)10-9-21(32)26(3,15-30)20(25)14-22(33)28(19,27)5/h17-23,30,32-33H,6-15H2,1-5H3,(H,34,35)/t17-,18+,19+,20+,21-,22-,23+,25+,26-,27+,28-,29-/m0/s1. The van der Waals surface area contributed by atoms with Gasteiger partial charge in [0.25, 0.3) is 0 Å². The van der Waals surface area contributed by atoms with Gasteiger partial charge in [-0.3, -0.25) is 9.59 Å². The average molecular weight is 491 g/mol. The zero-order chi connectivity index (χ0) is 25.8. The minimum absolute atomic E-state index is 0.0233. The molecule has 6 nitrogen and oxygen atoms in total. The van der Waals surface area contributed by atoms with Gasteiger partial charge in [0, 0.05) is 16.7 Å². The van der Waals surface area contributed by atoms with E-state index < -0.39 is 34.4 Å². The highest BCUT2D eigenvalue weighted by atomic mass is 16.4. The van der Waals surface area contributed by atoms with Crippen molar-refractivity contribution in [3.63, 3.8) is 0 Å². The zero-order valence-electron chi connectivity index (χ0n) is 22.2. The molecule has 0 amide bonds. The minimum Gasteiger partial charge on any atom is -0.481 e. The highest BCUT2D eigenvalue weighted by Gasteiger charge is 2.74. The second kappa shape index (κ2) is 7.77. The van der Waals surface area contributed by atoms with E-state index in [0.29, 0.717) is 32.1 Å². The molecule has 5 fully saturated rings. The highest BCUT2D eigenvalue weighted by Crippen LogP contribution is 2.77. The Kier molecular flexibility index (Phi) is 5.69. The second-order valence-corrected chi connectivity index (χ2v) is 14.2. The molecule has 5 aliphatic carbocycles. The number of carboxylic acid groups (broad SMARTS) is 1. The molecule has 5 rings (SSSR count). The van der Waals surface area contributed by atoms with Crippen LogP contribution in [0.2, 0.25) is 0 Å². The van der Waals surface area contributed by atoms with Crippen molar-refractivity contribution >= 4 is 11.8 Å². The van der Waals surface area contributed by atoms with Crippen LogP contribution in [0, 0.1) is 56.7 Å². The fourth-order valence-corrected chi connectivity index (χ4v) is 11.4. The number of ketones is 1. The van der Waals surface area contributed by atoms with Crippen molar-refractivity contribution in [1.82, 2.24) is 0 Å². The van der Waals surface area contributed by atoms with E-state index in [2.05, 4.69) is 20.8 Å². The molecule has 0 aromatic carbocycles. The molecule has 6 heteroatoms. The molecule has 0 aromatic rings. The number of carboxylic acids is 1. The summed E-state index contributed by atoms with van der Waals surface area (Å²) >= 11 is 0. The average Bonchev–Trinajstić information content (AvgIpc) is 3.21. The highest BCUT2D eigenvalue weighted by molar-refractivity contribution is 5.83. The van der Waals surface area contributed by atoms with E-state index in [9.17, 15) is 30.0 Å². The predicted octanol–water partition coefficient (Wildman–Crippen LogP) is 4.05. The van der Waals surface area contributed by atoms with Gasteiger partial charge >= 0.3 is 5.97 Å².